The fraction of sp³-hybridized carbons (Fsp3) is 0.250. The van der Waals surface area contributed by atoms with Gasteiger partial charge in [0.2, 0.25) is 0 Å². The Balaban J connectivity index is 0.971. The minimum Gasteiger partial charge on any atom is -0.482 e. The van der Waals surface area contributed by atoms with E-state index in [1.807, 2.05) is 35.1 Å². The first-order valence-corrected chi connectivity index (χ1v) is 16.2. The molecule has 5 aromatic rings. The van der Waals surface area contributed by atoms with Crippen LogP contribution in [-0.4, -0.2) is 45.5 Å². The van der Waals surface area contributed by atoms with E-state index in [1.165, 1.54) is 34.4 Å². The number of fused-ring (bicyclic) bond motifs is 3. The number of aromatic nitrogens is 3. The molecule has 2 aromatic heterocycles. The van der Waals surface area contributed by atoms with Crippen LogP contribution in [-0.2, 0) is 4.74 Å². The van der Waals surface area contributed by atoms with Crippen LogP contribution in [0.3, 0.4) is 0 Å². The van der Waals surface area contributed by atoms with Gasteiger partial charge in [0.1, 0.15) is 18.5 Å². The molecule has 0 unspecified atom stereocenters. The fourth-order valence-electron chi connectivity index (χ4n) is 6.56. The average molecular weight is 673 g/mol. The van der Waals surface area contributed by atoms with E-state index in [4.69, 9.17) is 38.4 Å². The lowest BCUT2D eigenvalue weighted by molar-refractivity contribution is 0.0854. The van der Waals surface area contributed by atoms with Gasteiger partial charge in [-0.25, -0.2) is 14.2 Å². The predicted molar refractivity (Wildman–Crippen MR) is 180 cm³/mol. The number of piperidine rings is 1. The van der Waals surface area contributed by atoms with E-state index in [0.717, 1.165) is 24.0 Å². The van der Waals surface area contributed by atoms with E-state index in [0.29, 0.717) is 31.0 Å². The van der Waals surface area contributed by atoms with Crippen molar-refractivity contribution in [2.45, 2.75) is 37.8 Å². The van der Waals surface area contributed by atoms with E-state index in [9.17, 15) is 9.18 Å². The van der Waals surface area contributed by atoms with Gasteiger partial charge in [-0.05, 0) is 60.2 Å². The summed E-state index contributed by atoms with van der Waals surface area (Å²) >= 11 is 12.5. The van der Waals surface area contributed by atoms with E-state index < -0.39 is 11.9 Å². The Bertz CT molecular complexity index is 1910. The van der Waals surface area contributed by atoms with Crippen molar-refractivity contribution in [1.29, 1.82) is 0 Å². The van der Waals surface area contributed by atoms with Gasteiger partial charge in [-0.2, -0.15) is 5.10 Å². The van der Waals surface area contributed by atoms with Gasteiger partial charge in [0, 0.05) is 53.1 Å². The minimum atomic E-state index is -0.686. The highest BCUT2D eigenvalue weighted by Gasteiger charge is 2.31. The van der Waals surface area contributed by atoms with Crippen LogP contribution < -0.4 is 10.5 Å². The highest BCUT2D eigenvalue weighted by Crippen LogP contribution is 2.44. The van der Waals surface area contributed by atoms with Crippen LogP contribution in [0.4, 0.5) is 15.0 Å². The number of nitrogen functional groups attached to an aromatic ring is 1. The second-order valence-corrected chi connectivity index (χ2v) is 12.6. The highest BCUT2D eigenvalue weighted by atomic mass is 35.5. The number of benzene rings is 3. The molecule has 1 fully saturated rings. The van der Waals surface area contributed by atoms with Crippen LogP contribution >= 0.6 is 23.2 Å². The third kappa shape index (κ3) is 6.01. The van der Waals surface area contributed by atoms with Gasteiger partial charge in [0.15, 0.2) is 11.6 Å². The van der Waals surface area contributed by atoms with Gasteiger partial charge in [0.05, 0.1) is 17.3 Å². The van der Waals surface area contributed by atoms with Crippen molar-refractivity contribution in [3.05, 3.63) is 118 Å². The van der Waals surface area contributed by atoms with Gasteiger partial charge >= 0.3 is 6.09 Å². The molecule has 3 aromatic carbocycles. The number of carbonyl (C=O) groups is 1. The van der Waals surface area contributed by atoms with E-state index in [1.54, 1.807) is 30.3 Å². The molecular formula is C36H32Cl2FN5O3. The first-order valence-electron chi connectivity index (χ1n) is 15.5. The first-order chi connectivity index (χ1) is 22.8. The monoisotopic (exact) mass is 671 g/mol. The fourth-order valence-corrected chi connectivity index (χ4v) is 7.24. The van der Waals surface area contributed by atoms with Crippen molar-refractivity contribution in [3.8, 4) is 28.0 Å². The number of anilines is 1. The summed E-state index contributed by atoms with van der Waals surface area (Å²) in [6, 6.07) is 21.2. The summed E-state index contributed by atoms with van der Waals surface area (Å²) < 4.78 is 28.0. The number of pyridine rings is 1. The Morgan fingerprint density at radius 2 is 1.68 bits per heavy atom. The maximum atomic E-state index is 14.1. The van der Waals surface area contributed by atoms with Gasteiger partial charge in [-0.15, -0.1) is 0 Å². The minimum absolute atomic E-state index is 0.0280. The SMILES string of the molecule is C[C@@H](Oc1cc(-c2cnn(C3CCN(C(=O)OCC4c5ccccc5-c5ccccc54)CC3)c2)cnc1N)c1c(Cl)ccc(F)c1Cl. The Labute approximate surface area is 281 Å². The summed E-state index contributed by atoms with van der Waals surface area (Å²) in [5.41, 5.74) is 12.8. The number of rotatable bonds is 7. The van der Waals surface area contributed by atoms with Crippen molar-refractivity contribution in [1.82, 2.24) is 19.7 Å². The quantitative estimate of drug-likeness (QED) is 0.174. The zero-order valence-corrected chi connectivity index (χ0v) is 27.1. The van der Waals surface area contributed by atoms with Crippen LogP contribution in [0.5, 0.6) is 5.75 Å². The number of nitrogens with zero attached hydrogens (tertiary/aromatic N) is 4. The number of carbonyl (C=O) groups excluding carboxylic acids is 1. The van der Waals surface area contributed by atoms with Crippen molar-refractivity contribution in [2.75, 3.05) is 25.4 Å². The number of amides is 1. The van der Waals surface area contributed by atoms with Gasteiger partial charge in [-0.3, -0.25) is 4.68 Å². The number of halogens is 3. The number of hydrogen-bond donors (Lipinski definition) is 1. The van der Waals surface area contributed by atoms with Crippen molar-refractivity contribution in [3.63, 3.8) is 0 Å². The normalized spacial score (nSPS) is 15.3. The standard InChI is InChI=1S/C36H32Cl2FN5O3/c1-21(33-30(37)10-11-31(39)34(33)38)47-32-16-22(17-41-35(32)40)23-18-42-44(19-23)24-12-14-43(15-13-24)36(45)46-20-29-27-8-4-2-6-25(27)26-7-3-5-9-28(26)29/h2-11,16-19,21,24,29H,12-15,20H2,1H3,(H2,40,41)/t21-/m1/s1. The number of hydrogen-bond acceptors (Lipinski definition) is 6. The molecule has 0 saturated carbocycles. The molecule has 1 saturated heterocycles. The second-order valence-electron chi connectivity index (χ2n) is 11.9. The summed E-state index contributed by atoms with van der Waals surface area (Å²) in [5.74, 6) is -0.0639. The molecule has 0 spiro atoms. The molecule has 1 aliphatic heterocycles. The number of nitrogens with two attached hydrogens (primary N) is 1. The van der Waals surface area contributed by atoms with Crippen LogP contribution in [0.1, 0.15) is 54.5 Å². The lowest BCUT2D eigenvalue weighted by atomic mass is 9.98. The summed E-state index contributed by atoms with van der Waals surface area (Å²) in [4.78, 5) is 19.2. The lowest BCUT2D eigenvalue weighted by Crippen LogP contribution is -2.39. The summed E-state index contributed by atoms with van der Waals surface area (Å²) in [6.07, 6.45) is 5.87. The first kappa shape index (κ1) is 31.0. The van der Waals surface area contributed by atoms with Crippen molar-refractivity contribution < 1.29 is 18.7 Å². The predicted octanol–water partition coefficient (Wildman–Crippen LogP) is 8.70. The third-order valence-corrected chi connectivity index (χ3v) is 9.75. The van der Waals surface area contributed by atoms with E-state index in [2.05, 4.69) is 34.3 Å². The maximum absolute atomic E-state index is 14.1. The molecule has 2 N–H and O–H groups in total. The third-order valence-electron chi connectivity index (χ3n) is 9.04. The molecule has 3 heterocycles. The van der Waals surface area contributed by atoms with E-state index in [-0.39, 0.29) is 33.9 Å². The molecule has 1 atom stereocenters. The molecule has 1 aliphatic carbocycles. The zero-order chi connectivity index (χ0) is 32.7. The summed E-state index contributed by atoms with van der Waals surface area (Å²) in [5, 5.41) is 4.81. The molecule has 11 heteroatoms. The Kier molecular flexibility index (Phi) is 8.51. The molecule has 1 amide bonds. The summed E-state index contributed by atoms with van der Waals surface area (Å²) in [6.45, 7) is 3.16. The highest BCUT2D eigenvalue weighted by molar-refractivity contribution is 6.36. The topological polar surface area (TPSA) is 95.5 Å². The smallest absolute Gasteiger partial charge is 0.409 e. The van der Waals surface area contributed by atoms with E-state index >= 15 is 0 Å². The van der Waals surface area contributed by atoms with Crippen LogP contribution in [0, 0.1) is 5.82 Å². The molecule has 0 radical (unpaired) electrons. The summed E-state index contributed by atoms with van der Waals surface area (Å²) in [7, 11) is 0. The van der Waals surface area contributed by atoms with Crippen molar-refractivity contribution in [2.24, 2.45) is 0 Å². The van der Waals surface area contributed by atoms with Crippen LogP contribution in [0.25, 0.3) is 22.3 Å². The molecule has 47 heavy (non-hydrogen) atoms. The molecule has 0 bridgehead atoms. The van der Waals surface area contributed by atoms with Crippen LogP contribution in [0.2, 0.25) is 10.0 Å². The average Bonchev–Trinajstić information content (AvgIpc) is 3.70. The Morgan fingerprint density at radius 1 is 1.00 bits per heavy atom. The molecule has 240 valence electrons. The van der Waals surface area contributed by atoms with Gasteiger partial charge in [-0.1, -0.05) is 71.7 Å². The maximum Gasteiger partial charge on any atom is 0.409 e. The lowest BCUT2D eigenvalue weighted by Gasteiger charge is -2.31. The van der Waals surface area contributed by atoms with Gasteiger partial charge < -0.3 is 20.1 Å². The number of likely N-dealkylation sites (tertiary alicyclic amines) is 1. The molecule has 2 aliphatic rings. The number of ether oxygens (including phenoxy) is 2. The molecular weight excluding hydrogens is 640 g/mol. The molecule has 7 rings (SSSR count). The van der Waals surface area contributed by atoms with Crippen LogP contribution in [0.15, 0.2) is 85.3 Å². The molecule has 8 nitrogen and oxygen atoms in total. The largest absolute Gasteiger partial charge is 0.482 e. The Morgan fingerprint density at radius 3 is 2.38 bits per heavy atom. The zero-order valence-electron chi connectivity index (χ0n) is 25.6. The second kappa shape index (κ2) is 12.9. The Hall–Kier alpha value is -4.60. The van der Waals surface area contributed by atoms with Gasteiger partial charge in [0.25, 0.3) is 0 Å². The van der Waals surface area contributed by atoms with Crippen molar-refractivity contribution >= 4 is 35.1 Å².